The molecule has 7 heavy (non-hydrogen) atoms. The van der Waals surface area contributed by atoms with Gasteiger partial charge >= 0.3 is 0 Å². The van der Waals surface area contributed by atoms with Crippen LogP contribution in [0.4, 0.5) is 0 Å². The van der Waals surface area contributed by atoms with E-state index in [0.29, 0.717) is 0 Å². The Labute approximate surface area is 59.0 Å². The molecule has 1 nitrogen and oxygen atoms in total. The average Bonchev–Trinajstić information content (AvgIpc) is 1.69. The lowest BCUT2D eigenvalue weighted by Gasteiger charge is -1.92. The largest absolute Gasteiger partial charge is 0.313 e. The topological polar surface area (TPSA) is 12.0 Å². The van der Waals surface area contributed by atoms with Crippen LogP contribution in [0, 0.1) is 0 Å². The van der Waals surface area contributed by atoms with Gasteiger partial charge in [-0.2, -0.15) is 0 Å². The Morgan fingerprint density at radius 3 is 2.57 bits per heavy atom. The summed E-state index contributed by atoms with van der Waals surface area (Å²) < 4.78 is 1.26. The predicted molar refractivity (Wildman–Crippen MR) is 29.4 cm³/mol. The van der Waals surface area contributed by atoms with Crippen molar-refractivity contribution in [2.45, 2.75) is 13.3 Å². The lowest BCUT2D eigenvalue weighted by Crippen LogP contribution is -3.36. The van der Waals surface area contributed by atoms with Gasteiger partial charge in [-0.15, -0.1) is 0 Å². The van der Waals surface area contributed by atoms with Crippen LogP contribution in [0.1, 0.15) is 13.3 Å². The van der Waals surface area contributed by atoms with Crippen molar-refractivity contribution >= 4 is 0 Å². The van der Waals surface area contributed by atoms with Crippen LogP contribution in [-0.4, -0.2) is 17.5 Å². The van der Waals surface area contributed by atoms with Gasteiger partial charge < -0.3 is 5.32 Å². The SMILES string of the molecule is CCCNCC[IH+]. The molecule has 1 N–H and O–H groups in total. The zero-order valence-electron chi connectivity index (χ0n) is 4.74. The Morgan fingerprint density at radius 2 is 2.14 bits per heavy atom. The quantitative estimate of drug-likeness (QED) is 0.304. The molecule has 44 valence electrons. The normalized spacial score (nSPS) is 9.43. The highest BCUT2D eigenvalue weighted by atomic mass is 127. The highest BCUT2D eigenvalue weighted by molar-refractivity contribution is 4.39. The summed E-state index contributed by atoms with van der Waals surface area (Å²) in [6.45, 7) is 4.54. The number of alkyl halides is 1. The molecule has 0 aromatic heterocycles. The molecular formula is C5H13IN+. The van der Waals surface area contributed by atoms with Gasteiger partial charge in [-0.1, -0.05) is 6.92 Å². The van der Waals surface area contributed by atoms with Gasteiger partial charge in [-0.05, 0) is 13.0 Å². The van der Waals surface area contributed by atoms with Crippen molar-refractivity contribution in [3.05, 3.63) is 0 Å². The van der Waals surface area contributed by atoms with E-state index in [4.69, 9.17) is 0 Å². The molecule has 0 bridgehead atoms. The van der Waals surface area contributed by atoms with E-state index >= 15 is 0 Å². The fourth-order valence-corrected chi connectivity index (χ4v) is 0.786. The van der Waals surface area contributed by atoms with E-state index in [-0.39, 0.29) is 0 Å². The van der Waals surface area contributed by atoms with Crippen molar-refractivity contribution < 1.29 is 22.6 Å². The first-order chi connectivity index (χ1) is 3.41. The molecule has 0 fully saturated rings. The standard InChI is InChI=1S/C5H13IN/c1-2-4-7-5-3-6/h6-7H,2-5H2,1H3/q+1. The molecular weight excluding hydrogens is 201 g/mol. The van der Waals surface area contributed by atoms with Gasteiger partial charge in [0, 0.05) is 6.54 Å². The molecule has 0 aliphatic rings. The molecule has 0 aliphatic carbocycles. The maximum absolute atomic E-state index is 3.29. The van der Waals surface area contributed by atoms with Crippen molar-refractivity contribution in [3.8, 4) is 0 Å². The van der Waals surface area contributed by atoms with E-state index in [1.165, 1.54) is 23.9 Å². The second-order valence-corrected chi connectivity index (χ2v) is 2.62. The molecule has 0 aromatic carbocycles. The molecule has 0 aliphatic heterocycles. The number of halogens is 1. The first-order valence-corrected chi connectivity index (χ1v) is 4.35. The lowest BCUT2D eigenvalue weighted by atomic mass is 10.5. The monoisotopic (exact) mass is 214 g/mol. The van der Waals surface area contributed by atoms with E-state index in [1.54, 1.807) is 0 Å². The number of hydrogen-bond acceptors (Lipinski definition) is 1. The Kier molecular flexibility index (Phi) is 7.35. The fourth-order valence-electron chi connectivity index (χ4n) is 0.374. The molecule has 0 heterocycles. The van der Waals surface area contributed by atoms with E-state index in [0.717, 1.165) is 0 Å². The van der Waals surface area contributed by atoms with E-state index in [2.05, 4.69) is 34.8 Å². The summed E-state index contributed by atoms with van der Waals surface area (Å²) >= 11 is 2.12. The predicted octanol–water partition coefficient (Wildman–Crippen LogP) is -2.73. The van der Waals surface area contributed by atoms with E-state index in [9.17, 15) is 0 Å². The summed E-state index contributed by atoms with van der Waals surface area (Å²) in [7, 11) is 0. The van der Waals surface area contributed by atoms with Crippen molar-refractivity contribution in [1.29, 1.82) is 0 Å². The van der Waals surface area contributed by atoms with Crippen LogP contribution in [0.15, 0.2) is 0 Å². The van der Waals surface area contributed by atoms with Gasteiger partial charge in [0.15, 0.2) is 4.43 Å². The van der Waals surface area contributed by atoms with Gasteiger partial charge in [0.25, 0.3) is 22.6 Å². The third-order valence-electron chi connectivity index (χ3n) is 0.706. The lowest BCUT2D eigenvalue weighted by molar-refractivity contribution is -0.365. The van der Waals surface area contributed by atoms with Crippen LogP contribution >= 0.6 is 0 Å². The third-order valence-corrected chi connectivity index (χ3v) is 1.29. The minimum atomic E-state index is 1.18. The fraction of sp³-hybridized carbons (Fsp3) is 1.00. The maximum atomic E-state index is 3.29. The summed E-state index contributed by atoms with van der Waals surface area (Å²) in [6, 6.07) is 0. The highest BCUT2D eigenvalue weighted by Gasteiger charge is 1.83. The van der Waals surface area contributed by atoms with Crippen molar-refractivity contribution in [1.82, 2.24) is 5.32 Å². The Hall–Kier alpha value is 0.690. The second kappa shape index (κ2) is 6.69. The van der Waals surface area contributed by atoms with Crippen LogP contribution in [0.2, 0.25) is 0 Å². The first-order valence-electron chi connectivity index (χ1n) is 2.70. The van der Waals surface area contributed by atoms with Gasteiger partial charge in [-0.3, -0.25) is 0 Å². The summed E-state index contributed by atoms with van der Waals surface area (Å²) in [5.41, 5.74) is 0. The minimum Gasteiger partial charge on any atom is -0.313 e. The van der Waals surface area contributed by atoms with Crippen LogP contribution in [0.3, 0.4) is 0 Å². The molecule has 0 rings (SSSR count). The Morgan fingerprint density at radius 1 is 1.43 bits per heavy atom. The maximum Gasteiger partial charge on any atom is 0.253 e. The molecule has 2 heteroatoms. The zero-order valence-corrected chi connectivity index (χ0v) is 7.07. The molecule has 0 saturated carbocycles. The van der Waals surface area contributed by atoms with Gasteiger partial charge in [0.1, 0.15) is 0 Å². The van der Waals surface area contributed by atoms with Crippen LogP contribution < -0.4 is 27.9 Å². The van der Waals surface area contributed by atoms with E-state index < -0.39 is 0 Å². The summed E-state index contributed by atoms with van der Waals surface area (Å²) in [5.74, 6) is 0. The van der Waals surface area contributed by atoms with E-state index in [1.807, 2.05) is 0 Å². The first kappa shape index (κ1) is 7.69. The number of nitrogens with one attached hydrogen (secondary N) is 1. The van der Waals surface area contributed by atoms with Gasteiger partial charge in [0.05, 0.1) is 0 Å². The second-order valence-electron chi connectivity index (χ2n) is 1.45. The molecule has 0 unspecified atom stereocenters. The van der Waals surface area contributed by atoms with Crippen LogP contribution in [-0.2, 0) is 0 Å². The third kappa shape index (κ3) is 6.69. The zero-order chi connectivity index (χ0) is 5.54. The Balaban J connectivity index is 2.45. The summed E-state index contributed by atoms with van der Waals surface area (Å²) in [4.78, 5) is 0. The average molecular weight is 214 g/mol. The van der Waals surface area contributed by atoms with Crippen LogP contribution in [0.25, 0.3) is 0 Å². The molecule has 0 aromatic rings. The molecule has 0 atom stereocenters. The smallest absolute Gasteiger partial charge is 0.253 e. The molecule has 0 saturated heterocycles. The molecule has 0 spiro atoms. The summed E-state index contributed by atoms with van der Waals surface area (Å²) in [6.07, 6.45) is 1.25. The van der Waals surface area contributed by atoms with Gasteiger partial charge in [0.2, 0.25) is 0 Å². The van der Waals surface area contributed by atoms with Crippen molar-refractivity contribution in [3.63, 3.8) is 0 Å². The number of hydrogen-bond donors (Lipinski definition) is 1. The molecule has 0 radical (unpaired) electrons. The summed E-state index contributed by atoms with van der Waals surface area (Å²) in [5, 5.41) is 3.29. The Bertz CT molecular complexity index is 27.3. The number of rotatable bonds is 4. The van der Waals surface area contributed by atoms with Gasteiger partial charge in [-0.25, -0.2) is 0 Å². The highest BCUT2D eigenvalue weighted by Crippen LogP contribution is 1.65. The van der Waals surface area contributed by atoms with Crippen molar-refractivity contribution in [2.75, 3.05) is 17.5 Å². The minimum absolute atomic E-state index is 1.18. The van der Waals surface area contributed by atoms with Crippen LogP contribution in [0.5, 0.6) is 0 Å². The molecule has 0 amide bonds. The van der Waals surface area contributed by atoms with Crippen molar-refractivity contribution in [2.24, 2.45) is 0 Å².